The zero-order chi connectivity index (χ0) is 19.3. The molecule has 152 valence electrons. The van der Waals surface area contributed by atoms with E-state index in [0.717, 1.165) is 18.1 Å². The monoisotopic (exact) mass is 407 g/mol. The second kappa shape index (κ2) is 9.96. The number of halogens is 1. The largest absolute Gasteiger partial charge is 0.489 e. The SMILES string of the molecule is CN(C)CC1CCc2cc(OCc3cccc(-c4ccccc4)c3)ccc2C1.Cl. The average molecular weight is 408 g/mol. The van der Waals surface area contributed by atoms with Gasteiger partial charge in [-0.3, -0.25) is 0 Å². The smallest absolute Gasteiger partial charge is 0.120 e. The molecule has 0 heterocycles. The lowest BCUT2D eigenvalue weighted by Crippen LogP contribution is -2.26. The first-order valence-electron chi connectivity index (χ1n) is 10.2. The Balaban J connectivity index is 0.00000240. The molecule has 0 fully saturated rings. The third-order valence-electron chi connectivity index (χ3n) is 5.57. The maximum atomic E-state index is 6.13. The predicted octanol–water partition coefficient (Wildman–Crippen LogP) is 6.02. The fourth-order valence-electron chi connectivity index (χ4n) is 4.21. The van der Waals surface area contributed by atoms with Gasteiger partial charge in [-0.25, -0.2) is 0 Å². The lowest BCUT2D eigenvalue weighted by atomic mass is 9.83. The molecule has 1 atom stereocenters. The van der Waals surface area contributed by atoms with Gasteiger partial charge in [0.15, 0.2) is 0 Å². The van der Waals surface area contributed by atoms with Crippen LogP contribution in [0.4, 0.5) is 0 Å². The number of nitrogens with zero attached hydrogens (tertiary/aromatic N) is 1. The fourth-order valence-corrected chi connectivity index (χ4v) is 4.21. The summed E-state index contributed by atoms with van der Waals surface area (Å²) >= 11 is 0. The first kappa shape index (κ1) is 21.4. The van der Waals surface area contributed by atoms with Crippen LogP contribution in [0.2, 0.25) is 0 Å². The number of hydrogen-bond acceptors (Lipinski definition) is 2. The highest BCUT2D eigenvalue weighted by Gasteiger charge is 2.19. The zero-order valence-corrected chi connectivity index (χ0v) is 18.1. The van der Waals surface area contributed by atoms with E-state index in [1.165, 1.54) is 47.2 Å². The minimum absolute atomic E-state index is 0. The van der Waals surface area contributed by atoms with Gasteiger partial charge in [-0.1, -0.05) is 54.6 Å². The molecule has 0 radical (unpaired) electrons. The molecule has 2 nitrogen and oxygen atoms in total. The normalized spacial score (nSPS) is 15.5. The molecule has 0 spiro atoms. The van der Waals surface area contributed by atoms with E-state index in [0.29, 0.717) is 6.61 Å². The van der Waals surface area contributed by atoms with Crippen molar-refractivity contribution in [2.45, 2.75) is 25.9 Å². The summed E-state index contributed by atoms with van der Waals surface area (Å²) in [6.07, 6.45) is 3.62. The molecule has 0 bridgehead atoms. The van der Waals surface area contributed by atoms with Crippen molar-refractivity contribution >= 4 is 12.4 Å². The number of rotatable bonds is 6. The molecule has 0 N–H and O–H groups in total. The molecule has 1 unspecified atom stereocenters. The Kier molecular flexibility index (Phi) is 7.35. The summed E-state index contributed by atoms with van der Waals surface area (Å²) in [6, 6.07) is 25.8. The van der Waals surface area contributed by atoms with E-state index in [-0.39, 0.29) is 12.4 Å². The summed E-state index contributed by atoms with van der Waals surface area (Å²) in [7, 11) is 4.33. The van der Waals surface area contributed by atoms with Crippen molar-refractivity contribution in [2.75, 3.05) is 20.6 Å². The van der Waals surface area contributed by atoms with Crippen LogP contribution >= 0.6 is 12.4 Å². The average Bonchev–Trinajstić information content (AvgIpc) is 2.72. The van der Waals surface area contributed by atoms with Gasteiger partial charge >= 0.3 is 0 Å². The van der Waals surface area contributed by atoms with Crippen LogP contribution in [0.15, 0.2) is 72.8 Å². The minimum atomic E-state index is 0. The third-order valence-corrected chi connectivity index (χ3v) is 5.57. The first-order valence-corrected chi connectivity index (χ1v) is 10.2. The topological polar surface area (TPSA) is 12.5 Å². The molecular formula is C26H30ClNO. The van der Waals surface area contributed by atoms with Crippen molar-refractivity contribution in [2.24, 2.45) is 5.92 Å². The minimum Gasteiger partial charge on any atom is -0.489 e. The Morgan fingerprint density at radius 1 is 0.862 bits per heavy atom. The predicted molar refractivity (Wildman–Crippen MR) is 124 cm³/mol. The molecule has 29 heavy (non-hydrogen) atoms. The quantitative estimate of drug-likeness (QED) is 0.495. The summed E-state index contributed by atoms with van der Waals surface area (Å²) < 4.78 is 6.13. The van der Waals surface area contributed by atoms with Gasteiger partial charge < -0.3 is 9.64 Å². The van der Waals surface area contributed by atoms with Gasteiger partial charge in [0, 0.05) is 6.54 Å². The molecule has 0 aromatic heterocycles. The summed E-state index contributed by atoms with van der Waals surface area (Å²) in [5, 5.41) is 0. The number of fused-ring (bicyclic) bond motifs is 1. The van der Waals surface area contributed by atoms with Gasteiger partial charge in [0.25, 0.3) is 0 Å². The number of benzene rings is 3. The van der Waals surface area contributed by atoms with Crippen molar-refractivity contribution in [3.8, 4) is 16.9 Å². The lowest BCUT2D eigenvalue weighted by Gasteiger charge is -2.27. The fraction of sp³-hybridized carbons (Fsp3) is 0.308. The van der Waals surface area contributed by atoms with E-state index in [2.05, 4.69) is 91.8 Å². The van der Waals surface area contributed by atoms with Gasteiger partial charge in [-0.05, 0) is 85.3 Å². The van der Waals surface area contributed by atoms with Crippen LogP contribution in [0.3, 0.4) is 0 Å². The molecule has 1 aliphatic rings. The highest BCUT2D eigenvalue weighted by atomic mass is 35.5. The maximum absolute atomic E-state index is 6.13. The van der Waals surface area contributed by atoms with Crippen LogP contribution in [0.5, 0.6) is 5.75 Å². The van der Waals surface area contributed by atoms with Crippen LogP contribution in [0, 0.1) is 5.92 Å². The Morgan fingerprint density at radius 2 is 1.66 bits per heavy atom. The highest BCUT2D eigenvalue weighted by Crippen LogP contribution is 2.29. The van der Waals surface area contributed by atoms with Gasteiger partial charge in [-0.2, -0.15) is 0 Å². The van der Waals surface area contributed by atoms with Crippen LogP contribution in [0.1, 0.15) is 23.1 Å². The van der Waals surface area contributed by atoms with Crippen LogP contribution < -0.4 is 4.74 Å². The Labute approximate surface area is 180 Å². The molecule has 4 rings (SSSR count). The van der Waals surface area contributed by atoms with E-state index in [1.807, 2.05) is 0 Å². The molecule has 3 heteroatoms. The van der Waals surface area contributed by atoms with E-state index >= 15 is 0 Å². The number of aryl methyl sites for hydroxylation is 1. The Morgan fingerprint density at radius 3 is 2.45 bits per heavy atom. The Bertz CT molecular complexity index is 923. The van der Waals surface area contributed by atoms with Crippen molar-refractivity contribution in [1.29, 1.82) is 0 Å². The van der Waals surface area contributed by atoms with Crippen LogP contribution in [0.25, 0.3) is 11.1 Å². The molecule has 0 saturated heterocycles. The van der Waals surface area contributed by atoms with Gasteiger partial charge in [0.1, 0.15) is 12.4 Å². The highest BCUT2D eigenvalue weighted by molar-refractivity contribution is 5.85. The molecule has 1 aliphatic carbocycles. The van der Waals surface area contributed by atoms with E-state index in [9.17, 15) is 0 Å². The number of ether oxygens (including phenoxy) is 1. The second-order valence-corrected chi connectivity index (χ2v) is 8.16. The van der Waals surface area contributed by atoms with E-state index in [4.69, 9.17) is 4.74 Å². The molecular weight excluding hydrogens is 378 g/mol. The second-order valence-electron chi connectivity index (χ2n) is 8.16. The summed E-state index contributed by atoms with van der Waals surface area (Å²) in [5.74, 6) is 1.75. The lowest BCUT2D eigenvalue weighted by molar-refractivity contribution is 0.297. The Hall–Kier alpha value is -2.29. The van der Waals surface area contributed by atoms with Crippen molar-refractivity contribution in [3.05, 3.63) is 89.5 Å². The summed E-state index contributed by atoms with van der Waals surface area (Å²) in [5.41, 5.74) is 6.64. The molecule has 0 aliphatic heterocycles. The number of hydrogen-bond donors (Lipinski definition) is 0. The van der Waals surface area contributed by atoms with Crippen molar-refractivity contribution in [3.63, 3.8) is 0 Å². The maximum Gasteiger partial charge on any atom is 0.120 e. The zero-order valence-electron chi connectivity index (χ0n) is 17.3. The molecule has 0 amide bonds. The summed E-state index contributed by atoms with van der Waals surface area (Å²) in [6.45, 7) is 1.78. The van der Waals surface area contributed by atoms with Crippen molar-refractivity contribution < 1.29 is 4.74 Å². The van der Waals surface area contributed by atoms with E-state index in [1.54, 1.807) is 0 Å². The van der Waals surface area contributed by atoms with Crippen LogP contribution in [-0.2, 0) is 19.4 Å². The molecule has 3 aromatic carbocycles. The molecule has 3 aromatic rings. The first-order chi connectivity index (χ1) is 13.7. The van der Waals surface area contributed by atoms with Gasteiger partial charge in [-0.15, -0.1) is 12.4 Å². The molecule has 0 saturated carbocycles. The van der Waals surface area contributed by atoms with Crippen LogP contribution in [-0.4, -0.2) is 25.5 Å². The van der Waals surface area contributed by atoms with Gasteiger partial charge in [0.2, 0.25) is 0 Å². The van der Waals surface area contributed by atoms with Gasteiger partial charge in [0.05, 0.1) is 0 Å². The summed E-state index contributed by atoms with van der Waals surface area (Å²) in [4.78, 5) is 2.30. The standard InChI is InChI=1S/C26H29NO.ClH/c1-27(2)18-20-11-12-25-17-26(14-13-24(25)15-20)28-19-21-7-6-10-23(16-21)22-8-4-3-5-9-22;/h3-10,13-14,16-17,20H,11-12,15,18-19H2,1-2H3;1H. The van der Waals surface area contributed by atoms with E-state index < -0.39 is 0 Å². The third kappa shape index (κ3) is 5.62. The van der Waals surface area contributed by atoms with Crippen molar-refractivity contribution in [1.82, 2.24) is 4.90 Å².